The summed E-state index contributed by atoms with van der Waals surface area (Å²) in [6.45, 7) is 0. The lowest BCUT2D eigenvalue weighted by Gasteiger charge is -2.24. The van der Waals surface area contributed by atoms with Gasteiger partial charge in [-0.2, -0.15) is 0 Å². The Hall–Kier alpha value is -2.48. The summed E-state index contributed by atoms with van der Waals surface area (Å²) < 4.78 is 0. The minimum Gasteiger partial charge on any atom is -0.289 e. The van der Waals surface area contributed by atoms with Gasteiger partial charge in [-0.05, 0) is 67.2 Å². The van der Waals surface area contributed by atoms with Crippen LogP contribution in [0.3, 0.4) is 0 Å². The van der Waals surface area contributed by atoms with E-state index in [1.807, 2.05) is 12.2 Å². The summed E-state index contributed by atoms with van der Waals surface area (Å²) in [5.74, 6) is 0.989. The van der Waals surface area contributed by atoms with Gasteiger partial charge in [0.1, 0.15) is 0 Å². The molecular formula is C23H20O2. The molecule has 2 unspecified atom stereocenters. The highest BCUT2D eigenvalue weighted by Gasteiger charge is 2.36. The predicted molar refractivity (Wildman–Crippen MR) is 97.0 cm³/mol. The fraction of sp³-hybridized carbons (Fsp3) is 0.304. The number of rotatable bonds is 0. The van der Waals surface area contributed by atoms with Crippen molar-refractivity contribution in [3.8, 4) is 0 Å². The molecule has 2 heteroatoms. The Labute approximate surface area is 147 Å². The minimum absolute atomic E-state index is 0.0215. The van der Waals surface area contributed by atoms with E-state index in [0.717, 1.165) is 32.1 Å². The Kier molecular flexibility index (Phi) is 3.27. The van der Waals surface area contributed by atoms with E-state index in [1.54, 1.807) is 11.1 Å². The third kappa shape index (κ3) is 2.31. The van der Waals surface area contributed by atoms with Crippen LogP contribution in [-0.2, 0) is 22.4 Å². The fourth-order valence-corrected chi connectivity index (χ4v) is 5.00. The van der Waals surface area contributed by atoms with Crippen LogP contribution in [0.2, 0.25) is 0 Å². The van der Waals surface area contributed by atoms with Crippen molar-refractivity contribution in [1.82, 2.24) is 0 Å². The van der Waals surface area contributed by atoms with Crippen molar-refractivity contribution in [1.29, 1.82) is 0 Å². The molecular weight excluding hydrogens is 308 g/mol. The topological polar surface area (TPSA) is 34.1 Å². The first-order chi connectivity index (χ1) is 12.2. The molecule has 0 spiro atoms. The number of carbonyl (C=O) groups excluding carboxylic acids is 2. The van der Waals surface area contributed by atoms with Gasteiger partial charge in [0.05, 0.1) is 0 Å². The molecule has 4 aliphatic rings. The Balaban J connectivity index is 1.55. The molecule has 2 bridgehead atoms. The molecule has 2 nitrogen and oxygen atoms in total. The van der Waals surface area contributed by atoms with Gasteiger partial charge in [0.15, 0.2) is 11.6 Å². The number of fused-ring (bicyclic) bond motifs is 6. The van der Waals surface area contributed by atoms with Crippen LogP contribution < -0.4 is 0 Å². The number of ketones is 2. The van der Waals surface area contributed by atoms with Gasteiger partial charge in [0.25, 0.3) is 0 Å². The van der Waals surface area contributed by atoms with Gasteiger partial charge in [-0.15, -0.1) is 0 Å². The van der Waals surface area contributed by atoms with Gasteiger partial charge < -0.3 is 0 Å². The molecule has 0 saturated carbocycles. The standard InChI is InChI=1S/C23H20O2/c24-22-9-10-23(25)19-8-6-17-11-16(5-7-18(19)22)20-12-14-3-1-2-4-15(14)13-21(17)20/h1-4,7-10,16-17H,5-6,11-13H2/b18-7+,19-8+. The van der Waals surface area contributed by atoms with Crippen molar-refractivity contribution < 1.29 is 9.59 Å². The molecule has 124 valence electrons. The first-order valence-electron chi connectivity index (χ1n) is 9.16. The van der Waals surface area contributed by atoms with E-state index in [-0.39, 0.29) is 11.6 Å². The van der Waals surface area contributed by atoms with Crippen molar-refractivity contribution in [2.75, 3.05) is 0 Å². The van der Waals surface area contributed by atoms with E-state index < -0.39 is 0 Å². The van der Waals surface area contributed by atoms with E-state index >= 15 is 0 Å². The van der Waals surface area contributed by atoms with Crippen LogP contribution in [0.15, 0.2) is 70.9 Å². The second-order valence-electron chi connectivity index (χ2n) is 7.57. The minimum atomic E-state index is -0.0215. The first kappa shape index (κ1) is 14.8. The largest absolute Gasteiger partial charge is 0.289 e. The molecule has 1 aromatic carbocycles. The van der Waals surface area contributed by atoms with Crippen LogP contribution in [0.4, 0.5) is 0 Å². The number of allylic oxidation sites excluding steroid dienone is 8. The van der Waals surface area contributed by atoms with Gasteiger partial charge in [-0.1, -0.05) is 47.6 Å². The Bertz CT molecular complexity index is 850. The van der Waals surface area contributed by atoms with E-state index in [1.165, 1.54) is 23.3 Å². The first-order valence-corrected chi connectivity index (χ1v) is 9.16. The van der Waals surface area contributed by atoms with Crippen molar-refractivity contribution >= 4 is 11.6 Å². The molecule has 5 rings (SSSR count). The highest BCUT2D eigenvalue weighted by Crippen LogP contribution is 2.47. The van der Waals surface area contributed by atoms with Crippen LogP contribution in [0.25, 0.3) is 0 Å². The zero-order valence-corrected chi connectivity index (χ0v) is 14.1. The maximum absolute atomic E-state index is 12.2. The Morgan fingerprint density at radius 2 is 1.20 bits per heavy atom. The molecule has 0 aliphatic heterocycles. The number of hydrogen-bond donors (Lipinski definition) is 0. The maximum Gasteiger partial charge on any atom is 0.186 e. The van der Waals surface area contributed by atoms with Crippen molar-refractivity contribution in [2.24, 2.45) is 11.8 Å². The van der Waals surface area contributed by atoms with Crippen molar-refractivity contribution in [2.45, 2.75) is 32.1 Å². The Morgan fingerprint density at radius 1 is 0.720 bits per heavy atom. The lowest BCUT2D eigenvalue weighted by molar-refractivity contribution is -0.115. The quantitative estimate of drug-likeness (QED) is 0.673. The molecule has 0 radical (unpaired) electrons. The molecule has 1 aromatic rings. The van der Waals surface area contributed by atoms with Gasteiger partial charge >= 0.3 is 0 Å². The zero-order chi connectivity index (χ0) is 17.0. The summed E-state index contributed by atoms with van der Waals surface area (Å²) in [4.78, 5) is 24.5. The molecule has 0 fully saturated rings. The van der Waals surface area contributed by atoms with Crippen LogP contribution in [0.1, 0.15) is 30.4 Å². The summed E-state index contributed by atoms with van der Waals surface area (Å²) in [7, 11) is 0. The Morgan fingerprint density at radius 3 is 1.68 bits per heavy atom. The van der Waals surface area contributed by atoms with Crippen molar-refractivity contribution in [3.63, 3.8) is 0 Å². The van der Waals surface area contributed by atoms with Gasteiger partial charge in [0.2, 0.25) is 0 Å². The number of carbonyl (C=O) groups is 2. The molecule has 25 heavy (non-hydrogen) atoms. The summed E-state index contributed by atoms with van der Waals surface area (Å²) in [6, 6.07) is 8.76. The molecule has 0 N–H and O–H groups in total. The highest BCUT2D eigenvalue weighted by atomic mass is 16.1. The molecule has 0 aromatic heterocycles. The highest BCUT2D eigenvalue weighted by molar-refractivity contribution is 6.24. The second kappa shape index (κ2) is 5.52. The normalized spacial score (nSPS) is 31.7. The van der Waals surface area contributed by atoms with Crippen LogP contribution in [0, 0.1) is 11.8 Å². The van der Waals surface area contributed by atoms with Crippen LogP contribution in [0.5, 0.6) is 0 Å². The number of hydrogen-bond acceptors (Lipinski definition) is 2. The zero-order valence-electron chi connectivity index (χ0n) is 14.1. The summed E-state index contributed by atoms with van der Waals surface area (Å²) >= 11 is 0. The smallest absolute Gasteiger partial charge is 0.186 e. The second-order valence-corrected chi connectivity index (χ2v) is 7.57. The van der Waals surface area contributed by atoms with E-state index in [0.29, 0.717) is 23.0 Å². The van der Waals surface area contributed by atoms with Gasteiger partial charge in [-0.25, -0.2) is 0 Å². The molecule has 0 saturated heterocycles. The summed E-state index contributed by atoms with van der Waals surface area (Å²) in [5, 5.41) is 0. The summed E-state index contributed by atoms with van der Waals surface area (Å²) in [5.41, 5.74) is 7.36. The maximum atomic E-state index is 12.2. The van der Waals surface area contributed by atoms with E-state index in [2.05, 4.69) is 24.3 Å². The molecule has 2 atom stereocenters. The average Bonchev–Trinajstić information content (AvgIpc) is 3.00. The van der Waals surface area contributed by atoms with E-state index in [9.17, 15) is 9.59 Å². The van der Waals surface area contributed by atoms with Crippen molar-refractivity contribution in [3.05, 3.63) is 82.0 Å². The molecule has 0 heterocycles. The third-order valence-corrected chi connectivity index (χ3v) is 6.27. The van der Waals surface area contributed by atoms with Crippen LogP contribution >= 0.6 is 0 Å². The SMILES string of the molecule is O=C1C=CC(=O)/C2=C/CC3CC(C/C=C/12)C1=C3Cc2ccccc2C1. The lowest BCUT2D eigenvalue weighted by atomic mass is 9.81. The lowest BCUT2D eigenvalue weighted by Crippen LogP contribution is -2.16. The molecule has 4 aliphatic carbocycles. The van der Waals surface area contributed by atoms with E-state index in [4.69, 9.17) is 0 Å². The molecule has 0 amide bonds. The summed E-state index contributed by atoms with van der Waals surface area (Å²) in [6.07, 6.45) is 11.9. The number of benzene rings is 1. The van der Waals surface area contributed by atoms with Crippen LogP contribution in [-0.4, -0.2) is 11.6 Å². The monoisotopic (exact) mass is 328 g/mol. The predicted octanol–water partition coefficient (Wildman–Crippen LogP) is 4.07. The van der Waals surface area contributed by atoms with Gasteiger partial charge in [-0.3, -0.25) is 9.59 Å². The van der Waals surface area contributed by atoms with Gasteiger partial charge in [0, 0.05) is 11.1 Å². The third-order valence-electron chi connectivity index (χ3n) is 6.27. The average molecular weight is 328 g/mol. The fourth-order valence-electron chi connectivity index (χ4n) is 5.00.